The Hall–Kier alpha value is -1.99. The predicted molar refractivity (Wildman–Crippen MR) is 69.3 cm³/mol. The van der Waals surface area contributed by atoms with E-state index in [1.54, 1.807) is 20.8 Å². The molecule has 0 aromatic rings. The molecule has 0 saturated carbocycles. The Morgan fingerprint density at radius 1 is 1.20 bits per heavy atom. The van der Waals surface area contributed by atoms with Gasteiger partial charge in [0.1, 0.15) is 5.60 Å². The normalized spacial score (nSPS) is 16.4. The van der Waals surface area contributed by atoms with Crippen molar-refractivity contribution in [2.24, 2.45) is 11.7 Å². The molecule has 0 bridgehead atoms. The third-order valence-electron chi connectivity index (χ3n) is 2.78. The number of hydrogen-bond acceptors (Lipinski definition) is 5. The number of ether oxygens (including phenoxy) is 1. The van der Waals surface area contributed by atoms with Crippen LogP contribution in [0.15, 0.2) is 0 Å². The lowest BCUT2D eigenvalue weighted by Gasteiger charge is -2.29. The molecule has 1 saturated heterocycles. The van der Waals surface area contributed by atoms with Crippen LogP contribution in [-0.2, 0) is 14.4 Å². The summed E-state index contributed by atoms with van der Waals surface area (Å²) in [5.74, 6) is -0.567. The van der Waals surface area contributed by atoms with Crippen LogP contribution in [0.2, 0.25) is 0 Å². The second-order valence-electron chi connectivity index (χ2n) is 5.64. The number of hydroxylamine groups is 1. The third kappa shape index (κ3) is 5.33. The number of amides is 3. The van der Waals surface area contributed by atoms with Crippen molar-refractivity contribution in [2.75, 3.05) is 13.1 Å². The molecule has 0 atom stereocenters. The van der Waals surface area contributed by atoms with Crippen LogP contribution < -0.4 is 11.2 Å². The van der Waals surface area contributed by atoms with Crippen LogP contribution in [0.1, 0.15) is 33.6 Å². The summed E-state index contributed by atoms with van der Waals surface area (Å²) in [4.78, 5) is 40.0. The van der Waals surface area contributed by atoms with Crippen LogP contribution in [0, 0.1) is 5.92 Å². The van der Waals surface area contributed by atoms with Crippen molar-refractivity contribution in [1.82, 2.24) is 10.4 Å². The fourth-order valence-electron chi connectivity index (χ4n) is 1.80. The first kappa shape index (κ1) is 16.1. The van der Waals surface area contributed by atoms with E-state index in [1.165, 1.54) is 4.90 Å². The fraction of sp³-hybridized carbons (Fsp3) is 0.750. The van der Waals surface area contributed by atoms with E-state index in [0.29, 0.717) is 25.9 Å². The van der Waals surface area contributed by atoms with Gasteiger partial charge in [-0.1, -0.05) is 0 Å². The van der Waals surface area contributed by atoms with Crippen molar-refractivity contribution in [3.8, 4) is 0 Å². The second-order valence-corrected chi connectivity index (χ2v) is 5.64. The zero-order valence-electron chi connectivity index (χ0n) is 12.0. The topological polar surface area (TPSA) is 111 Å². The Morgan fingerprint density at radius 3 is 2.20 bits per heavy atom. The standard InChI is InChI=1S/C12H21N3O5/c1-12(2,3)19-10(17)14-20-11(18)15-6-4-8(5-7-15)9(13)16/h8H,4-7H2,1-3H3,(H2,13,16)(H,14,17). The molecule has 0 radical (unpaired) electrons. The van der Waals surface area contributed by atoms with Gasteiger partial charge < -0.3 is 20.2 Å². The van der Waals surface area contributed by atoms with E-state index in [2.05, 4.69) is 4.84 Å². The highest BCUT2D eigenvalue weighted by Crippen LogP contribution is 2.17. The van der Waals surface area contributed by atoms with Crippen LogP contribution in [0.4, 0.5) is 9.59 Å². The molecule has 1 aliphatic rings. The number of carbonyl (C=O) groups excluding carboxylic acids is 3. The molecule has 0 aliphatic carbocycles. The first-order valence-corrected chi connectivity index (χ1v) is 6.43. The molecular weight excluding hydrogens is 266 g/mol. The molecule has 114 valence electrons. The smallest absolute Gasteiger partial charge is 0.441 e. The molecule has 1 heterocycles. The molecule has 0 spiro atoms. The summed E-state index contributed by atoms with van der Waals surface area (Å²) in [6, 6.07) is 0. The molecule has 20 heavy (non-hydrogen) atoms. The van der Waals surface area contributed by atoms with Gasteiger partial charge in [0, 0.05) is 19.0 Å². The molecule has 0 unspecified atom stereocenters. The molecular formula is C12H21N3O5. The molecule has 1 aliphatic heterocycles. The quantitative estimate of drug-likeness (QED) is 0.692. The summed E-state index contributed by atoms with van der Waals surface area (Å²) in [5.41, 5.74) is 6.45. The summed E-state index contributed by atoms with van der Waals surface area (Å²) in [6.45, 7) is 5.82. The van der Waals surface area contributed by atoms with Gasteiger partial charge in [-0.2, -0.15) is 0 Å². The SMILES string of the molecule is CC(C)(C)OC(=O)NOC(=O)N1CCC(C(N)=O)CC1. The van der Waals surface area contributed by atoms with E-state index >= 15 is 0 Å². The average Bonchev–Trinajstić information content (AvgIpc) is 2.34. The van der Waals surface area contributed by atoms with Gasteiger partial charge in [0.25, 0.3) is 0 Å². The molecule has 3 N–H and O–H groups in total. The Kier molecular flexibility index (Phi) is 5.18. The van der Waals surface area contributed by atoms with Gasteiger partial charge in [-0.3, -0.25) is 4.79 Å². The Balaban J connectivity index is 2.31. The van der Waals surface area contributed by atoms with Crippen LogP contribution in [0.25, 0.3) is 0 Å². The van der Waals surface area contributed by atoms with Gasteiger partial charge in [0.05, 0.1) is 0 Å². The number of hydrogen-bond donors (Lipinski definition) is 2. The number of nitrogens with zero attached hydrogens (tertiary/aromatic N) is 1. The van der Waals surface area contributed by atoms with Crippen LogP contribution in [-0.4, -0.2) is 41.7 Å². The third-order valence-corrected chi connectivity index (χ3v) is 2.78. The number of rotatable bonds is 1. The lowest BCUT2D eigenvalue weighted by molar-refractivity contribution is -0.123. The minimum absolute atomic E-state index is 0.210. The van der Waals surface area contributed by atoms with E-state index in [1.807, 2.05) is 5.48 Å². The van der Waals surface area contributed by atoms with Crippen LogP contribution in [0.5, 0.6) is 0 Å². The number of likely N-dealkylation sites (tertiary alicyclic amines) is 1. The Labute approximate surface area is 117 Å². The molecule has 0 aromatic heterocycles. The van der Waals surface area contributed by atoms with E-state index < -0.39 is 17.8 Å². The summed E-state index contributed by atoms with van der Waals surface area (Å²) in [5, 5.41) is 0. The largest absolute Gasteiger partial charge is 0.442 e. The highest BCUT2D eigenvalue weighted by molar-refractivity contribution is 5.77. The van der Waals surface area contributed by atoms with Crippen molar-refractivity contribution in [3.63, 3.8) is 0 Å². The summed E-state index contributed by atoms with van der Waals surface area (Å²) >= 11 is 0. The van der Waals surface area contributed by atoms with Gasteiger partial charge in [-0.05, 0) is 33.6 Å². The highest BCUT2D eigenvalue weighted by atomic mass is 16.7. The molecule has 3 amide bonds. The van der Waals surface area contributed by atoms with Crippen molar-refractivity contribution in [2.45, 2.75) is 39.2 Å². The van der Waals surface area contributed by atoms with Crippen LogP contribution >= 0.6 is 0 Å². The summed E-state index contributed by atoms with van der Waals surface area (Å²) < 4.78 is 4.92. The summed E-state index contributed by atoms with van der Waals surface area (Å²) in [6.07, 6.45) is -0.523. The highest BCUT2D eigenvalue weighted by Gasteiger charge is 2.27. The number of piperidine rings is 1. The maximum atomic E-state index is 11.7. The molecule has 0 aromatic carbocycles. The number of nitrogens with one attached hydrogen (secondary N) is 1. The summed E-state index contributed by atoms with van der Waals surface area (Å²) in [7, 11) is 0. The van der Waals surface area contributed by atoms with E-state index in [9.17, 15) is 14.4 Å². The van der Waals surface area contributed by atoms with Crippen molar-refractivity contribution < 1.29 is 24.0 Å². The minimum Gasteiger partial charge on any atom is -0.442 e. The van der Waals surface area contributed by atoms with Gasteiger partial charge in [0.15, 0.2) is 0 Å². The van der Waals surface area contributed by atoms with Gasteiger partial charge in [-0.15, -0.1) is 5.48 Å². The minimum atomic E-state index is -0.835. The first-order valence-electron chi connectivity index (χ1n) is 6.43. The number of primary amides is 1. The van der Waals surface area contributed by atoms with Gasteiger partial charge in [0.2, 0.25) is 5.91 Å². The van der Waals surface area contributed by atoms with Gasteiger partial charge >= 0.3 is 12.2 Å². The Morgan fingerprint density at radius 2 is 1.75 bits per heavy atom. The molecule has 1 fully saturated rings. The van der Waals surface area contributed by atoms with E-state index in [4.69, 9.17) is 10.5 Å². The number of nitrogens with two attached hydrogens (primary N) is 1. The lowest BCUT2D eigenvalue weighted by atomic mass is 9.97. The predicted octanol–water partition coefficient (Wildman–Crippen LogP) is 0.760. The lowest BCUT2D eigenvalue weighted by Crippen LogP contribution is -2.44. The maximum Gasteiger partial charge on any atom is 0.441 e. The van der Waals surface area contributed by atoms with Gasteiger partial charge in [-0.25, -0.2) is 9.59 Å². The first-order chi connectivity index (χ1) is 9.19. The van der Waals surface area contributed by atoms with Crippen molar-refractivity contribution in [1.29, 1.82) is 0 Å². The zero-order chi connectivity index (χ0) is 15.3. The fourth-order valence-corrected chi connectivity index (χ4v) is 1.80. The maximum absolute atomic E-state index is 11.7. The van der Waals surface area contributed by atoms with E-state index in [-0.39, 0.29) is 11.8 Å². The molecule has 1 rings (SSSR count). The number of carbonyl (C=O) groups is 3. The van der Waals surface area contributed by atoms with Crippen molar-refractivity contribution in [3.05, 3.63) is 0 Å². The van der Waals surface area contributed by atoms with Crippen molar-refractivity contribution >= 4 is 18.1 Å². The second kappa shape index (κ2) is 6.44. The zero-order valence-corrected chi connectivity index (χ0v) is 12.0. The molecule has 8 heteroatoms. The average molecular weight is 287 g/mol. The monoisotopic (exact) mass is 287 g/mol. The molecule has 8 nitrogen and oxygen atoms in total. The Bertz CT molecular complexity index is 383. The van der Waals surface area contributed by atoms with Crippen LogP contribution in [0.3, 0.4) is 0 Å². The van der Waals surface area contributed by atoms with E-state index in [0.717, 1.165) is 0 Å².